The van der Waals surface area contributed by atoms with Crippen molar-refractivity contribution < 1.29 is 9.47 Å². The Morgan fingerprint density at radius 3 is 2.84 bits per heavy atom. The monoisotopic (exact) mass is 256 g/mol. The molecule has 2 aromatic rings. The van der Waals surface area contributed by atoms with Gasteiger partial charge >= 0.3 is 0 Å². The minimum atomic E-state index is 0.707. The summed E-state index contributed by atoms with van der Waals surface area (Å²) in [6, 6.07) is 9.92. The Labute approximate surface area is 112 Å². The van der Waals surface area contributed by atoms with E-state index >= 15 is 0 Å². The first-order valence-corrected chi connectivity index (χ1v) is 6.44. The van der Waals surface area contributed by atoms with Crippen LogP contribution in [0.2, 0.25) is 0 Å². The smallest absolute Gasteiger partial charge is 0.163 e. The summed E-state index contributed by atoms with van der Waals surface area (Å²) in [5.74, 6) is 1.64. The molecule has 19 heavy (non-hydrogen) atoms. The Balaban J connectivity index is 1.70. The van der Waals surface area contributed by atoms with Crippen LogP contribution in [0, 0.1) is 0 Å². The molecule has 0 saturated heterocycles. The van der Waals surface area contributed by atoms with Crippen molar-refractivity contribution in [2.24, 2.45) is 0 Å². The maximum Gasteiger partial charge on any atom is 0.163 e. The van der Waals surface area contributed by atoms with Gasteiger partial charge in [-0.05, 0) is 23.8 Å². The number of anilines is 1. The number of benzene rings is 1. The first-order chi connectivity index (χ1) is 9.42. The van der Waals surface area contributed by atoms with Crippen LogP contribution in [-0.2, 0) is 6.54 Å². The lowest BCUT2D eigenvalue weighted by atomic mass is 10.2. The summed E-state index contributed by atoms with van der Waals surface area (Å²) in [5.41, 5.74) is 2.17. The quantitative estimate of drug-likeness (QED) is 0.917. The maximum atomic E-state index is 5.66. The standard InChI is InChI=1S/C15H16N2O2/c1-3-12(10-16-6-1)11-17-13-4-5-14-15(9-13)19-8-2-7-18-14/h1,3-6,9-10,17H,2,7-8,11H2. The molecule has 1 aliphatic heterocycles. The molecule has 98 valence electrons. The Hall–Kier alpha value is -2.23. The SMILES string of the molecule is c1cncc(CNc2ccc3c(c2)OCCCO3)c1. The van der Waals surface area contributed by atoms with Crippen LogP contribution in [0.3, 0.4) is 0 Å². The van der Waals surface area contributed by atoms with Gasteiger partial charge in [-0.2, -0.15) is 0 Å². The molecule has 0 aliphatic carbocycles. The zero-order valence-electron chi connectivity index (χ0n) is 10.6. The number of hydrogen-bond donors (Lipinski definition) is 1. The highest BCUT2D eigenvalue weighted by atomic mass is 16.5. The van der Waals surface area contributed by atoms with E-state index in [0.29, 0.717) is 6.61 Å². The van der Waals surface area contributed by atoms with Gasteiger partial charge in [-0.3, -0.25) is 4.98 Å². The molecule has 4 nitrogen and oxygen atoms in total. The predicted octanol–water partition coefficient (Wildman–Crippen LogP) is 2.86. The Morgan fingerprint density at radius 1 is 1.11 bits per heavy atom. The summed E-state index contributed by atoms with van der Waals surface area (Å²) < 4.78 is 11.3. The van der Waals surface area contributed by atoms with Crippen molar-refractivity contribution in [2.45, 2.75) is 13.0 Å². The van der Waals surface area contributed by atoms with Crippen molar-refractivity contribution in [1.29, 1.82) is 0 Å². The summed E-state index contributed by atoms with van der Waals surface area (Å²) in [6.45, 7) is 2.17. The van der Waals surface area contributed by atoms with E-state index in [-0.39, 0.29) is 0 Å². The molecule has 3 rings (SSSR count). The van der Waals surface area contributed by atoms with Crippen molar-refractivity contribution in [3.8, 4) is 11.5 Å². The maximum absolute atomic E-state index is 5.66. The van der Waals surface area contributed by atoms with Gasteiger partial charge in [0.1, 0.15) is 0 Å². The van der Waals surface area contributed by atoms with Crippen LogP contribution >= 0.6 is 0 Å². The van der Waals surface area contributed by atoms with E-state index in [4.69, 9.17) is 9.47 Å². The highest BCUT2D eigenvalue weighted by Crippen LogP contribution is 2.32. The molecule has 1 N–H and O–H groups in total. The van der Waals surface area contributed by atoms with Crippen molar-refractivity contribution in [2.75, 3.05) is 18.5 Å². The second-order valence-electron chi connectivity index (χ2n) is 4.43. The predicted molar refractivity (Wildman–Crippen MR) is 73.6 cm³/mol. The van der Waals surface area contributed by atoms with Crippen molar-refractivity contribution >= 4 is 5.69 Å². The Morgan fingerprint density at radius 2 is 2.00 bits per heavy atom. The van der Waals surface area contributed by atoms with Gasteiger partial charge in [0, 0.05) is 37.1 Å². The van der Waals surface area contributed by atoms with Crippen molar-refractivity contribution in [3.05, 3.63) is 48.3 Å². The summed E-state index contributed by atoms with van der Waals surface area (Å²) in [5, 5.41) is 3.36. The molecule has 4 heteroatoms. The molecule has 0 atom stereocenters. The number of aromatic nitrogens is 1. The first kappa shape index (κ1) is 11.8. The Kier molecular flexibility index (Phi) is 3.49. The molecule has 0 radical (unpaired) electrons. The van der Waals surface area contributed by atoms with Crippen LogP contribution in [0.1, 0.15) is 12.0 Å². The summed E-state index contributed by atoms with van der Waals surface area (Å²) >= 11 is 0. The lowest BCUT2D eigenvalue weighted by Crippen LogP contribution is -2.00. The van der Waals surface area contributed by atoms with Crippen LogP contribution in [0.4, 0.5) is 5.69 Å². The highest BCUT2D eigenvalue weighted by molar-refractivity contribution is 5.55. The van der Waals surface area contributed by atoms with Crippen LogP contribution in [-0.4, -0.2) is 18.2 Å². The number of hydrogen-bond acceptors (Lipinski definition) is 4. The van der Waals surface area contributed by atoms with Gasteiger partial charge < -0.3 is 14.8 Å². The fourth-order valence-corrected chi connectivity index (χ4v) is 1.98. The first-order valence-electron chi connectivity index (χ1n) is 6.44. The van der Waals surface area contributed by atoms with E-state index in [2.05, 4.69) is 10.3 Å². The second-order valence-corrected chi connectivity index (χ2v) is 4.43. The molecule has 2 heterocycles. The molecule has 0 saturated carbocycles. The van der Waals surface area contributed by atoms with Gasteiger partial charge in [-0.25, -0.2) is 0 Å². The zero-order valence-corrected chi connectivity index (χ0v) is 10.6. The summed E-state index contributed by atoms with van der Waals surface area (Å²) in [4.78, 5) is 4.09. The second kappa shape index (κ2) is 5.61. The number of pyridine rings is 1. The third-order valence-corrected chi connectivity index (χ3v) is 2.97. The van der Waals surface area contributed by atoms with Crippen LogP contribution in [0.5, 0.6) is 11.5 Å². The lowest BCUT2D eigenvalue weighted by Gasteiger charge is -2.11. The van der Waals surface area contributed by atoms with E-state index in [9.17, 15) is 0 Å². The third-order valence-electron chi connectivity index (χ3n) is 2.97. The van der Waals surface area contributed by atoms with E-state index < -0.39 is 0 Å². The van der Waals surface area contributed by atoms with Gasteiger partial charge in [-0.15, -0.1) is 0 Å². The number of nitrogens with one attached hydrogen (secondary N) is 1. The minimum Gasteiger partial charge on any atom is -0.490 e. The van der Waals surface area contributed by atoms with E-state index in [1.807, 2.05) is 36.5 Å². The zero-order chi connectivity index (χ0) is 12.9. The number of ether oxygens (including phenoxy) is 2. The van der Waals surface area contributed by atoms with Gasteiger partial charge in [0.05, 0.1) is 13.2 Å². The van der Waals surface area contributed by atoms with Gasteiger partial charge in [0.25, 0.3) is 0 Å². The number of rotatable bonds is 3. The molecule has 0 amide bonds. The summed E-state index contributed by atoms with van der Waals surface area (Å²) in [6.07, 6.45) is 4.56. The molecular formula is C15H16N2O2. The molecule has 0 fully saturated rings. The number of nitrogens with zero attached hydrogens (tertiary/aromatic N) is 1. The van der Waals surface area contributed by atoms with Crippen LogP contribution in [0.15, 0.2) is 42.7 Å². The van der Waals surface area contributed by atoms with Crippen molar-refractivity contribution in [3.63, 3.8) is 0 Å². The van der Waals surface area contributed by atoms with Crippen LogP contribution in [0.25, 0.3) is 0 Å². The molecule has 0 unspecified atom stereocenters. The topological polar surface area (TPSA) is 43.4 Å². The third kappa shape index (κ3) is 2.96. The molecule has 1 aliphatic rings. The minimum absolute atomic E-state index is 0.707. The molecular weight excluding hydrogens is 240 g/mol. The van der Waals surface area contributed by atoms with Gasteiger partial charge in [0.2, 0.25) is 0 Å². The average Bonchev–Trinajstić information content (AvgIpc) is 2.71. The fourth-order valence-electron chi connectivity index (χ4n) is 1.98. The fraction of sp³-hybridized carbons (Fsp3) is 0.267. The van der Waals surface area contributed by atoms with E-state index in [0.717, 1.165) is 42.3 Å². The van der Waals surface area contributed by atoms with E-state index in [1.165, 1.54) is 0 Å². The van der Waals surface area contributed by atoms with Crippen LogP contribution < -0.4 is 14.8 Å². The molecule has 1 aromatic carbocycles. The van der Waals surface area contributed by atoms with Gasteiger partial charge in [0.15, 0.2) is 11.5 Å². The summed E-state index contributed by atoms with van der Waals surface area (Å²) in [7, 11) is 0. The molecule has 1 aromatic heterocycles. The lowest BCUT2D eigenvalue weighted by molar-refractivity contribution is 0.297. The van der Waals surface area contributed by atoms with Crippen molar-refractivity contribution in [1.82, 2.24) is 4.98 Å². The highest BCUT2D eigenvalue weighted by Gasteiger charge is 2.10. The molecule has 0 bridgehead atoms. The van der Waals surface area contributed by atoms with E-state index in [1.54, 1.807) is 6.20 Å². The largest absolute Gasteiger partial charge is 0.490 e. The molecule has 0 spiro atoms. The van der Waals surface area contributed by atoms with Gasteiger partial charge in [-0.1, -0.05) is 6.07 Å². The number of fused-ring (bicyclic) bond motifs is 1. The normalized spacial score (nSPS) is 13.7. The average molecular weight is 256 g/mol. The Bertz CT molecular complexity index is 543.